The van der Waals surface area contributed by atoms with Crippen LogP contribution in [0.2, 0.25) is 0 Å². The second-order valence-electron chi connectivity index (χ2n) is 6.85. The molecule has 2 heterocycles. The molecule has 1 saturated heterocycles. The van der Waals surface area contributed by atoms with Crippen molar-refractivity contribution in [3.63, 3.8) is 0 Å². The molecular weight excluding hydrogens is 346 g/mol. The number of aliphatic imine (C=N–C) groups is 1. The fourth-order valence-corrected chi connectivity index (χ4v) is 4.01. The third kappa shape index (κ3) is 6.52. The van der Waals surface area contributed by atoms with Crippen molar-refractivity contribution in [2.75, 3.05) is 37.2 Å². The topological polar surface area (TPSA) is 69.6 Å². The zero-order chi connectivity index (χ0) is 18.9. The van der Waals surface area contributed by atoms with Gasteiger partial charge in [-0.15, -0.1) is 0 Å². The van der Waals surface area contributed by atoms with Gasteiger partial charge in [-0.25, -0.2) is 4.98 Å². The van der Waals surface area contributed by atoms with Gasteiger partial charge in [-0.1, -0.05) is 19.9 Å². The number of carbonyl (C=O) groups excluding carboxylic acids is 1. The zero-order valence-corrected chi connectivity index (χ0v) is 17.1. The van der Waals surface area contributed by atoms with Crippen molar-refractivity contribution in [1.29, 1.82) is 0 Å². The number of anilines is 1. The van der Waals surface area contributed by atoms with Gasteiger partial charge in [0, 0.05) is 43.3 Å². The Kier molecular flexibility index (Phi) is 8.22. The second kappa shape index (κ2) is 10.4. The number of guanidine groups is 1. The highest BCUT2D eigenvalue weighted by Crippen LogP contribution is 2.24. The lowest BCUT2D eigenvalue weighted by atomic mass is 10.1. The van der Waals surface area contributed by atoms with Gasteiger partial charge in [0.25, 0.3) is 0 Å². The van der Waals surface area contributed by atoms with E-state index in [2.05, 4.69) is 46.3 Å². The van der Waals surface area contributed by atoms with Gasteiger partial charge in [-0.3, -0.25) is 9.79 Å². The van der Waals surface area contributed by atoms with Gasteiger partial charge in [0.15, 0.2) is 5.96 Å². The standard InChI is InChI=1S/C19H31N5OS/c1-5-20-19(24-10-11-26-16(13-24)14(2)3)21-9-8-18(25)23-17-7-6-15(4)12-22-17/h6-7,12,14,16H,5,8-11,13H2,1-4H3,(H,20,21)(H,22,23,25). The number of hydrogen-bond donors (Lipinski definition) is 2. The minimum atomic E-state index is -0.0600. The maximum Gasteiger partial charge on any atom is 0.227 e. The first-order valence-corrected chi connectivity index (χ1v) is 10.4. The third-order valence-corrected chi connectivity index (χ3v) is 5.79. The molecule has 1 aromatic rings. The maximum absolute atomic E-state index is 12.1. The van der Waals surface area contributed by atoms with Gasteiger partial charge in [0.1, 0.15) is 5.82 Å². The SMILES string of the molecule is CCNC(=NCCC(=O)Nc1ccc(C)cn1)N1CCSC(C(C)C)C1. The molecule has 6 nitrogen and oxygen atoms in total. The van der Waals surface area contributed by atoms with Crippen molar-refractivity contribution in [3.05, 3.63) is 23.9 Å². The van der Waals surface area contributed by atoms with Crippen molar-refractivity contribution in [2.45, 2.75) is 39.4 Å². The summed E-state index contributed by atoms with van der Waals surface area (Å²) in [5.74, 6) is 3.21. The number of nitrogens with one attached hydrogen (secondary N) is 2. The summed E-state index contributed by atoms with van der Waals surface area (Å²) in [5, 5.41) is 6.81. The Morgan fingerprint density at radius 1 is 1.46 bits per heavy atom. The van der Waals surface area contributed by atoms with E-state index in [1.54, 1.807) is 6.20 Å². The quantitative estimate of drug-likeness (QED) is 0.589. The molecular formula is C19H31N5OS. The first-order valence-electron chi connectivity index (χ1n) is 9.37. The smallest absolute Gasteiger partial charge is 0.227 e. The third-order valence-electron chi connectivity index (χ3n) is 4.25. The minimum absolute atomic E-state index is 0.0600. The molecule has 144 valence electrons. The number of amides is 1. The summed E-state index contributed by atoms with van der Waals surface area (Å²) >= 11 is 2.05. The van der Waals surface area contributed by atoms with Gasteiger partial charge in [-0.05, 0) is 31.4 Å². The summed E-state index contributed by atoms with van der Waals surface area (Å²) in [6.07, 6.45) is 2.09. The monoisotopic (exact) mass is 377 g/mol. The van der Waals surface area contributed by atoms with E-state index < -0.39 is 0 Å². The summed E-state index contributed by atoms with van der Waals surface area (Å²) in [6, 6.07) is 3.75. The minimum Gasteiger partial charge on any atom is -0.357 e. The largest absolute Gasteiger partial charge is 0.357 e. The lowest BCUT2D eigenvalue weighted by Gasteiger charge is -2.36. The van der Waals surface area contributed by atoms with Crippen LogP contribution in [0.25, 0.3) is 0 Å². The van der Waals surface area contributed by atoms with Crippen molar-refractivity contribution in [3.8, 4) is 0 Å². The Labute approximate surface area is 161 Å². The number of pyridine rings is 1. The molecule has 26 heavy (non-hydrogen) atoms. The lowest BCUT2D eigenvalue weighted by Crippen LogP contribution is -2.49. The molecule has 0 radical (unpaired) electrons. The molecule has 1 atom stereocenters. The van der Waals surface area contributed by atoms with E-state index in [0.29, 0.717) is 30.0 Å². The molecule has 1 amide bonds. The Morgan fingerprint density at radius 3 is 2.92 bits per heavy atom. The molecule has 2 rings (SSSR count). The number of carbonyl (C=O) groups is 1. The number of aromatic nitrogens is 1. The van der Waals surface area contributed by atoms with Crippen LogP contribution >= 0.6 is 11.8 Å². The van der Waals surface area contributed by atoms with Crippen LogP contribution in [0, 0.1) is 12.8 Å². The summed E-state index contributed by atoms with van der Waals surface area (Å²) in [6.45, 7) is 11.9. The van der Waals surface area contributed by atoms with Crippen LogP contribution in [0.5, 0.6) is 0 Å². The number of thioether (sulfide) groups is 1. The Hall–Kier alpha value is -1.76. The van der Waals surface area contributed by atoms with Gasteiger partial charge in [-0.2, -0.15) is 11.8 Å². The highest BCUT2D eigenvalue weighted by Gasteiger charge is 2.24. The highest BCUT2D eigenvalue weighted by molar-refractivity contribution is 8.00. The summed E-state index contributed by atoms with van der Waals surface area (Å²) in [4.78, 5) is 23.3. The summed E-state index contributed by atoms with van der Waals surface area (Å²) in [7, 11) is 0. The Balaban J connectivity index is 1.87. The molecule has 0 spiro atoms. The number of aryl methyl sites for hydroxylation is 1. The van der Waals surface area contributed by atoms with Gasteiger partial charge in [0.2, 0.25) is 5.91 Å². The van der Waals surface area contributed by atoms with Crippen LogP contribution in [-0.4, -0.2) is 58.9 Å². The van der Waals surface area contributed by atoms with E-state index in [-0.39, 0.29) is 5.91 Å². The van der Waals surface area contributed by atoms with E-state index in [1.165, 1.54) is 0 Å². The van der Waals surface area contributed by atoms with Crippen molar-refractivity contribution >= 4 is 29.4 Å². The average molecular weight is 378 g/mol. The fourth-order valence-electron chi connectivity index (χ4n) is 2.71. The molecule has 0 bridgehead atoms. The molecule has 1 aromatic heterocycles. The molecule has 1 aliphatic rings. The molecule has 1 fully saturated rings. The van der Waals surface area contributed by atoms with E-state index in [1.807, 2.05) is 30.8 Å². The molecule has 0 saturated carbocycles. The van der Waals surface area contributed by atoms with Gasteiger partial charge < -0.3 is 15.5 Å². The van der Waals surface area contributed by atoms with Gasteiger partial charge in [0.05, 0.1) is 6.54 Å². The van der Waals surface area contributed by atoms with Crippen LogP contribution < -0.4 is 10.6 Å². The Bertz CT molecular complexity index is 602. The Morgan fingerprint density at radius 2 is 2.27 bits per heavy atom. The maximum atomic E-state index is 12.1. The average Bonchev–Trinajstić information content (AvgIpc) is 2.63. The van der Waals surface area contributed by atoms with Crippen LogP contribution in [0.15, 0.2) is 23.3 Å². The highest BCUT2D eigenvalue weighted by atomic mass is 32.2. The first kappa shape index (κ1) is 20.6. The van der Waals surface area contributed by atoms with Crippen LogP contribution in [0.1, 0.15) is 32.8 Å². The molecule has 1 unspecified atom stereocenters. The summed E-state index contributed by atoms with van der Waals surface area (Å²) in [5.41, 5.74) is 1.07. The van der Waals surface area contributed by atoms with Crippen LogP contribution in [-0.2, 0) is 4.79 Å². The van der Waals surface area contributed by atoms with E-state index >= 15 is 0 Å². The molecule has 0 aromatic carbocycles. The first-order chi connectivity index (χ1) is 12.5. The number of rotatable bonds is 6. The van der Waals surface area contributed by atoms with Crippen molar-refractivity contribution in [1.82, 2.24) is 15.2 Å². The molecule has 1 aliphatic heterocycles. The van der Waals surface area contributed by atoms with Crippen molar-refractivity contribution < 1.29 is 4.79 Å². The lowest BCUT2D eigenvalue weighted by molar-refractivity contribution is -0.116. The van der Waals surface area contributed by atoms with E-state index in [4.69, 9.17) is 0 Å². The number of nitrogens with zero attached hydrogens (tertiary/aromatic N) is 3. The normalized spacial score (nSPS) is 18.1. The predicted molar refractivity (Wildman–Crippen MR) is 111 cm³/mol. The zero-order valence-electron chi connectivity index (χ0n) is 16.3. The van der Waals surface area contributed by atoms with E-state index in [0.717, 1.165) is 36.9 Å². The predicted octanol–water partition coefficient (Wildman–Crippen LogP) is 2.76. The molecule has 0 aliphatic carbocycles. The fraction of sp³-hybridized carbons (Fsp3) is 0.632. The molecule has 7 heteroatoms. The van der Waals surface area contributed by atoms with Gasteiger partial charge >= 0.3 is 0 Å². The van der Waals surface area contributed by atoms with Crippen molar-refractivity contribution in [2.24, 2.45) is 10.9 Å². The van der Waals surface area contributed by atoms with Crippen LogP contribution in [0.4, 0.5) is 5.82 Å². The second-order valence-corrected chi connectivity index (χ2v) is 8.20. The molecule has 2 N–H and O–H groups in total. The van der Waals surface area contributed by atoms with Crippen LogP contribution in [0.3, 0.4) is 0 Å². The number of hydrogen-bond acceptors (Lipinski definition) is 4. The summed E-state index contributed by atoms with van der Waals surface area (Å²) < 4.78 is 0. The van der Waals surface area contributed by atoms with E-state index in [9.17, 15) is 4.79 Å².